The molecule has 4 aromatic heterocycles. The summed E-state index contributed by atoms with van der Waals surface area (Å²) in [5.41, 5.74) is 12.0. The van der Waals surface area contributed by atoms with E-state index in [-0.39, 0.29) is 17.7 Å². The van der Waals surface area contributed by atoms with Gasteiger partial charge in [-0.25, -0.2) is 15.0 Å². The summed E-state index contributed by atoms with van der Waals surface area (Å²) in [4.78, 5) is 26.5. The van der Waals surface area contributed by atoms with Crippen LogP contribution in [0.15, 0.2) is 59.6 Å². The largest absolute Gasteiger partial charge is 0.444 e. The lowest BCUT2D eigenvalue weighted by atomic mass is 10.0. The highest BCUT2D eigenvalue weighted by Crippen LogP contribution is 2.47. The van der Waals surface area contributed by atoms with Gasteiger partial charge in [0, 0.05) is 41.9 Å². The molecular weight excluding hydrogens is 478 g/mol. The number of hydrogen-bond acceptors (Lipinski definition) is 7. The first kappa shape index (κ1) is 23.8. The molecule has 1 aromatic carbocycles. The maximum atomic E-state index is 12.9. The fourth-order valence-electron chi connectivity index (χ4n) is 4.85. The van der Waals surface area contributed by atoms with E-state index in [2.05, 4.69) is 39.2 Å². The van der Waals surface area contributed by atoms with Crippen molar-refractivity contribution in [2.45, 2.75) is 39.0 Å². The van der Waals surface area contributed by atoms with Crippen LogP contribution < -0.4 is 11.1 Å². The Morgan fingerprint density at radius 2 is 2.03 bits per heavy atom. The van der Waals surface area contributed by atoms with E-state index in [0.29, 0.717) is 23.4 Å². The highest BCUT2D eigenvalue weighted by Gasteiger charge is 2.44. The number of anilines is 2. The van der Waals surface area contributed by atoms with Crippen molar-refractivity contribution in [2.24, 2.45) is 13.0 Å². The molecule has 9 heteroatoms. The standard InChI is InChI=1S/C29H29N7O2/c1-15(2)25-14-38-29(34-25)17-5-6-20(16(3)7-17)24-8-18-9-26(31-12-23(18)27(30)33-24)35-28(37)22-10-21(22)19-11-32-36(4)13-19/h5-9,11-15,21-22H,10H2,1-4H3,(H2,30,33)(H,31,35,37)/t21-,22+/m0/s1. The summed E-state index contributed by atoms with van der Waals surface area (Å²) in [6, 6.07) is 9.85. The van der Waals surface area contributed by atoms with Gasteiger partial charge in [-0.2, -0.15) is 5.10 Å². The van der Waals surface area contributed by atoms with Crippen molar-refractivity contribution in [3.8, 4) is 22.7 Å². The molecule has 3 N–H and O–H groups in total. The monoisotopic (exact) mass is 507 g/mol. The van der Waals surface area contributed by atoms with Crippen LogP contribution in [0.2, 0.25) is 0 Å². The molecule has 9 nitrogen and oxygen atoms in total. The molecule has 192 valence electrons. The second-order valence-electron chi connectivity index (χ2n) is 10.3. The molecule has 0 radical (unpaired) electrons. The van der Waals surface area contributed by atoms with Crippen LogP contribution in [0.25, 0.3) is 33.5 Å². The van der Waals surface area contributed by atoms with Crippen molar-refractivity contribution in [2.75, 3.05) is 11.1 Å². The zero-order valence-electron chi connectivity index (χ0n) is 21.8. The zero-order valence-corrected chi connectivity index (χ0v) is 21.8. The maximum absolute atomic E-state index is 12.9. The summed E-state index contributed by atoms with van der Waals surface area (Å²) < 4.78 is 7.46. The molecule has 2 atom stereocenters. The maximum Gasteiger partial charge on any atom is 0.229 e. The Balaban J connectivity index is 1.25. The first-order chi connectivity index (χ1) is 18.3. The van der Waals surface area contributed by atoms with Crippen LogP contribution in [0.3, 0.4) is 0 Å². The average molecular weight is 508 g/mol. The Bertz CT molecular complexity index is 1680. The third-order valence-corrected chi connectivity index (χ3v) is 7.14. The van der Waals surface area contributed by atoms with E-state index in [4.69, 9.17) is 10.2 Å². The first-order valence-corrected chi connectivity index (χ1v) is 12.7. The number of carbonyl (C=O) groups is 1. The molecule has 0 unspecified atom stereocenters. The molecule has 1 aliphatic rings. The van der Waals surface area contributed by atoms with E-state index in [9.17, 15) is 4.79 Å². The Morgan fingerprint density at radius 1 is 1.18 bits per heavy atom. The summed E-state index contributed by atoms with van der Waals surface area (Å²) in [5, 5.41) is 8.78. The fraction of sp³-hybridized carbons (Fsp3) is 0.276. The molecule has 5 aromatic rings. The molecule has 1 saturated carbocycles. The topological polar surface area (TPSA) is 125 Å². The molecule has 0 bridgehead atoms. The zero-order chi connectivity index (χ0) is 26.6. The lowest BCUT2D eigenvalue weighted by molar-refractivity contribution is -0.117. The second kappa shape index (κ2) is 9.09. The number of hydrogen-bond donors (Lipinski definition) is 2. The molecule has 0 saturated heterocycles. The van der Waals surface area contributed by atoms with Gasteiger partial charge in [0.05, 0.1) is 17.6 Å². The van der Waals surface area contributed by atoms with Crippen molar-refractivity contribution in [1.29, 1.82) is 0 Å². The van der Waals surface area contributed by atoms with Gasteiger partial charge in [-0.1, -0.05) is 19.9 Å². The van der Waals surface area contributed by atoms with Crippen molar-refractivity contribution in [3.63, 3.8) is 0 Å². The number of nitrogen functional groups attached to an aromatic ring is 1. The molecule has 6 rings (SSSR count). The third kappa shape index (κ3) is 4.40. The van der Waals surface area contributed by atoms with E-state index < -0.39 is 0 Å². The van der Waals surface area contributed by atoms with E-state index >= 15 is 0 Å². The van der Waals surface area contributed by atoms with Gasteiger partial charge in [0.1, 0.15) is 17.9 Å². The van der Waals surface area contributed by atoms with Crippen LogP contribution in [0.4, 0.5) is 11.6 Å². The SMILES string of the molecule is Cc1cc(-c2nc(C(C)C)co2)ccc1-c1cc2cc(NC(=O)[C@@H]3C[C@H]3c3cnn(C)c3)ncc2c(N)n1. The minimum absolute atomic E-state index is 0.0356. The quantitative estimate of drug-likeness (QED) is 0.313. The highest BCUT2D eigenvalue weighted by atomic mass is 16.3. The Labute approximate surface area is 220 Å². The van der Waals surface area contributed by atoms with Gasteiger partial charge in [0.2, 0.25) is 11.8 Å². The summed E-state index contributed by atoms with van der Waals surface area (Å²) in [6.07, 6.45) is 7.97. The van der Waals surface area contributed by atoms with E-state index in [1.54, 1.807) is 17.1 Å². The van der Waals surface area contributed by atoms with Gasteiger partial charge in [-0.3, -0.25) is 9.48 Å². The summed E-state index contributed by atoms with van der Waals surface area (Å²) in [7, 11) is 1.88. The van der Waals surface area contributed by atoms with Gasteiger partial charge in [0.25, 0.3) is 0 Å². The normalized spacial score (nSPS) is 16.8. The van der Waals surface area contributed by atoms with E-state index in [1.165, 1.54) is 0 Å². The second-order valence-corrected chi connectivity index (χ2v) is 10.3. The molecular formula is C29H29N7O2. The molecule has 38 heavy (non-hydrogen) atoms. The smallest absolute Gasteiger partial charge is 0.229 e. The minimum atomic E-state index is -0.0730. The third-order valence-electron chi connectivity index (χ3n) is 7.14. The number of nitrogens with one attached hydrogen (secondary N) is 1. The van der Waals surface area contributed by atoms with Crippen molar-refractivity contribution < 1.29 is 9.21 Å². The van der Waals surface area contributed by atoms with Gasteiger partial charge in [0.15, 0.2) is 0 Å². The van der Waals surface area contributed by atoms with Crippen molar-refractivity contribution in [1.82, 2.24) is 24.7 Å². The van der Waals surface area contributed by atoms with Gasteiger partial charge in [-0.15, -0.1) is 0 Å². The molecule has 0 spiro atoms. The van der Waals surface area contributed by atoms with Crippen LogP contribution in [0.1, 0.15) is 48.9 Å². The molecule has 1 aliphatic carbocycles. The van der Waals surface area contributed by atoms with Gasteiger partial charge >= 0.3 is 0 Å². The average Bonchev–Trinajstić information content (AvgIpc) is 3.30. The number of rotatable bonds is 6. The first-order valence-electron chi connectivity index (χ1n) is 12.7. The number of nitrogens with zero attached hydrogens (tertiary/aromatic N) is 5. The number of oxazole rings is 1. The minimum Gasteiger partial charge on any atom is -0.444 e. The lowest BCUT2D eigenvalue weighted by Gasteiger charge is -2.11. The van der Waals surface area contributed by atoms with Crippen molar-refractivity contribution in [3.05, 3.63) is 72.0 Å². The number of amides is 1. The van der Waals surface area contributed by atoms with Crippen LogP contribution in [-0.2, 0) is 11.8 Å². The number of nitrogens with two attached hydrogens (primary N) is 1. The molecule has 4 heterocycles. The van der Waals surface area contributed by atoms with Gasteiger partial charge < -0.3 is 15.5 Å². The highest BCUT2D eigenvalue weighted by molar-refractivity contribution is 5.99. The fourth-order valence-corrected chi connectivity index (χ4v) is 4.85. The summed E-state index contributed by atoms with van der Waals surface area (Å²) in [5.74, 6) is 1.88. The van der Waals surface area contributed by atoms with Crippen LogP contribution >= 0.6 is 0 Å². The number of carbonyl (C=O) groups excluding carboxylic acids is 1. The Hall–Kier alpha value is -4.53. The predicted octanol–water partition coefficient (Wildman–Crippen LogP) is 5.44. The summed E-state index contributed by atoms with van der Waals surface area (Å²) >= 11 is 0. The van der Waals surface area contributed by atoms with Gasteiger partial charge in [-0.05, 0) is 66.0 Å². The van der Waals surface area contributed by atoms with Crippen LogP contribution in [-0.4, -0.2) is 30.6 Å². The lowest BCUT2D eigenvalue weighted by Crippen LogP contribution is -2.15. The molecule has 1 fully saturated rings. The number of fused-ring (bicyclic) bond motifs is 1. The Kier molecular flexibility index (Phi) is 5.71. The summed E-state index contributed by atoms with van der Waals surface area (Å²) in [6.45, 7) is 6.20. The number of pyridine rings is 2. The Morgan fingerprint density at radius 3 is 2.74 bits per heavy atom. The molecule has 0 aliphatic heterocycles. The van der Waals surface area contributed by atoms with Crippen LogP contribution in [0, 0.1) is 12.8 Å². The number of aryl methyl sites for hydroxylation is 2. The van der Waals surface area contributed by atoms with Crippen molar-refractivity contribution >= 4 is 28.3 Å². The molecule has 1 amide bonds. The number of benzene rings is 1. The predicted molar refractivity (Wildman–Crippen MR) is 146 cm³/mol. The van der Waals surface area contributed by atoms with E-state index in [1.807, 2.05) is 56.7 Å². The van der Waals surface area contributed by atoms with Crippen LogP contribution in [0.5, 0.6) is 0 Å². The van der Waals surface area contributed by atoms with E-state index in [0.717, 1.165) is 50.8 Å². The number of aromatic nitrogens is 5.